The summed E-state index contributed by atoms with van der Waals surface area (Å²) in [5, 5.41) is 12.6. The number of amidine groups is 1. The van der Waals surface area contributed by atoms with Gasteiger partial charge in [-0.3, -0.25) is 0 Å². The molecule has 0 aliphatic carbocycles. The Morgan fingerprint density at radius 2 is 2.14 bits per heavy atom. The molecule has 0 saturated heterocycles. The zero-order valence-corrected chi connectivity index (χ0v) is 12.7. The maximum Gasteiger partial charge on any atom is 0.170 e. The Morgan fingerprint density at radius 3 is 2.81 bits per heavy atom. The molecule has 0 amide bonds. The van der Waals surface area contributed by atoms with Gasteiger partial charge in [0, 0.05) is 35.0 Å². The lowest BCUT2D eigenvalue weighted by Crippen LogP contribution is -2.13. The summed E-state index contributed by atoms with van der Waals surface area (Å²) < 4.78 is 25.0. The van der Waals surface area contributed by atoms with Gasteiger partial charge in [-0.2, -0.15) is 0 Å². The fourth-order valence-corrected chi connectivity index (χ4v) is 3.07. The number of nitrogens with zero attached hydrogens (tertiary/aromatic N) is 2. The Bertz CT molecular complexity index is 763. The lowest BCUT2D eigenvalue weighted by molar-refractivity contribution is 0.318. The summed E-state index contributed by atoms with van der Waals surface area (Å²) in [5.41, 5.74) is 7.21. The summed E-state index contributed by atoms with van der Waals surface area (Å²) >= 11 is 0. The lowest BCUT2D eigenvalue weighted by Gasteiger charge is -2.06. The summed E-state index contributed by atoms with van der Waals surface area (Å²) in [4.78, 5) is 0. The van der Waals surface area contributed by atoms with Crippen molar-refractivity contribution < 1.29 is 13.6 Å². The van der Waals surface area contributed by atoms with Crippen LogP contribution in [0.2, 0.25) is 0 Å². The van der Waals surface area contributed by atoms with Crippen LogP contribution in [-0.4, -0.2) is 35.5 Å². The molecule has 7 heteroatoms. The van der Waals surface area contributed by atoms with Crippen LogP contribution in [0.15, 0.2) is 35.6 Å². The highest BCUT2D eigenvalue weighted by molar-refractivity contribution is 7.91. The van der Waals surface area contributed by atoms with E-state index in [4.69, 9.17) is 10.9 Å². The van der Waals surface area contributed by atoms with Crippen molar-refractivity contribution in [3.63, 3.8) is 0 Å². The second-order valence-electron chi connectivity index (χ2n) is 4.86. The van der Waals surface area contributed by atoms with Gasteiger partial charge in [0.05, 0.1) is 5.75 Å². The molecular weight excluding hydrogens is 290 g/mol. The van der Waals surface area contributed by atoms with Gasteiger partial charge in [0.2, 0.25) is 0 Å². The number of sulfone groups is 1. The van der Waals surface area contributed by atoms with E-state index in [1.807, 2.05) is 29.0 Å². The molecule has 3 N–H and O–H groups in total. The number of benzene rings is 1. The number of aromatic nitrogens is 1. The number of oxime groups is 1. The lowest BCUT2D eigenvalue weighted by atomic mass is 10.1. The Labute approximate surface area is 123 Å². The van der Waals surface area contributed by atoms with Crippen LogP contribution in [0, 0.1) is 0 Å². The standard InChI is InChI=1S/C14H19N3O3S/c1-2-21(19,20)9-3-7-17-8-6-11-10-12(14(15)16-18)4-5-13(11)17/h4-6,8,10,18H,2-3,7,9H2,1H3,(H2,15,16). The molecule has 6 nitrogen and oxygen atoms in total. The SMILES string of the molecule is CCS(=O)(=O)CCCn1ccc2cc(/C(N)=N/O)ccc21. The molecule has 0 aliphatic rings. The molecule has 114 valence electrons. The van der Waals surface area contributed by atoms with Crippen molar-refractivity contribution in [1.82, 2.24) is 4.57 Å². The molecule has 0 saturated carbocycles. The first-order valence-electron chi connectivity index (χ1n) is 6.74. The molecule has 0 fully saturated rings. The summed E-state index contributed by atoms with van der Waals surface area (Å²) in [5.74, 6) is 0.451. The van der Waals surface area contributed by atoms with E-state index in [0.717, 1.165) is 10.9 Å². The van der Waals surface area contributed by atoms with E-state index in [0.29, 0.717) is 18.5 Å². The number of hydrogen-bond acceptors (Lipinski definition) is 4. The number of aryl methyl sites for hydroxylation is 1. The van der Waals surface area contributed by atoms with Gasteiger partial charge in [-0.1, -0.05) is 12.1 Å². The van der Waals surface area contributed by atoms with E-state index in [1.54, 1.807) is 13.0 Å². The van der Waals surface area contributed by atoms with Gasteiger partial charge in [0.25, 0.3) is 0 Å². The molecule has 0 bridgehead atoms. The van der Waals surface area contributed by atoms with Gasteiger partial charge in [-0.25, -0.2) is 8.42 Å². The van der Waals surface area contributed by atoms with E-state index in [9.17, 15) is 8.42 Å². The minimum Gasteiger partial charge on any atom is -0.409 e. The van der Waals surface area contributed by atoms with Crippen molar-refractivity contribution in [1.29, 1.82) is 0 Å². The first kappa shape index (κ1) is 15.4. The normalized spacial score (nSPS) is 12.9. The third kappa shape index (κ3) is 3.55. The molecule has 1 aromatic heterocycles. The maximum absolute atomic E-state index is 11.5. The van der Waals surface area contributed by atoms with Gasteiger partial charge < -0.3 is 15.5 Å². The number of nitrogens with two attached hydrogens (primary N) is 1. The summed E-state index contributed by atoms with van der Waals surface area (Å²) in [6.07, 6.45) is 2.50. The molecule has 0 unspecified atom stereocenters. The fraction of sp³-hybridized carbons (Fsp3) is 0.357. The predicted octanol–water partition coefficient (Wildman–Crippen LogP) is 1.56. The molecule has 2 aromatic rings. The fourth-order valence-electron chi connectivity index (χ4n) is 2.21. The quantitative estimate of drug-likeness (QED) is 0.366. The first-order valence-corrected chi connectivity index (χ1v) is 8.56. The molecule has 0 aliphatic heterocycles. The number of rotatable bonds is 6. The zero-order valence-electron chi connectivity index (χ0n) is 11.9. The van der Waals surface area contributed by atoms with E-state index < -0.39 is 9.84 Å². The molecule has 0 radical (unpaired) electrons. The molecule has 1 heterocycles. The predicted molar refractivity (Wildman–Crippen MR) is 83.4 cm³/mol. The minimum atomic E-state index is -2.92. The highest BCUT2D eigenvalue weighted by atomic mass is 32.2. The number of fused-ring (bicyclic) bond motifs is 1. The monoisotopic (exact) mass is 309 g/mol. The molecule has 2 rings (SSSR count). The Hall–Kier alpha value is -2.02. The molecule has 0 atom stereocenters. The van der Waals surface area contributed by atoms with Gasteiger partial charge in [-0.15, -0.1) is 0 Å². The topological polar surface area (TPSA) is 97.7 Å². The van der Waals surface area contributed by atoms with E-state index in [-0.39, 0.29) is 17.3 Å². The third-order valence-electron chi connectivity index (χ3n) is 3.47. The van der Waals surface area contributed by atoms with Crippen molar-refractivity contribution in [3.8, 4) is 0 Å². The van der Waals surface area contributed by atoms with Gasteiger partial charge in [0.1, 0.15) is 9.84 Å². The summed E-state index contributed by atoms with van der Waals surface area (Å²) in [6.45, 7) is 2.31. The minimum absolute atomic E-state index is 0.0682. The van der Waals surface area contributed by atoms with E-state index in [1.165, 1.54) is 0 Å². The van der Waals surface area contributed by atoms with Crippen molar-refractivity contribution >= 4 is 26.6 Å². The van der Waals surface area contributed by atoms with Crippen LogP contribution in [0.5, 0.6) is 0 Å². The van der Waals surface area contributed by atoms with E-state index >= 15 is 0 Å². The number of hydrogen-bond donors (Lipinski definition) is 2. The molecule has 0 spiro atoms. The van der Waals surface area contributed by atoms with Crippen molar-refractivity contribution in [2.24, 2.45) is 10.9 Å². The van der Waals surface area contributed by atoms with Crippen LogP contribution in [0.3, 0.4) is 0 Å². The Balaban J connectivity index is 2.16. The third-order valence-corrected chi connectivity index (χ3v) is 5.26. The summed E-state index contributed by atoms with van der Waals surface area (Å²) in [7, 11) is -2.92. The van der Waals surface area contributed by atoms with Crippen LogP contribution in [0.1, 0.15) is 18.9 Å². The second kappa shape index (κ2) is 6.17. The summed E-state index contributed by atoms with van der Waals surface area (Å²) in [6, 6.07) is 7.43. The second-order valence-corrected chi connectivity index (χ2v) is 7.33. The van der Waals surface area contributed by atoms with Gasteiger partial charge >= 0.3 is 0 Å². The average molecular weight is 309 g/mol. The Kier molecular flexibility index (Phi) is 4.52. The highest BCUT2D eigenvalue weighted by Gasteiger charge is 2.08. The highest BCUT2D eigenvalue weighted by Crippen LogP contribution is 2.18. The largest absolute Gasteiger partial charge is 0.409 e. The van der Waals surface area contributed by atoms with Crippen LogP contribution >= 0.6 is 0 Å². The smallest absolute Gasteiger partial charge is 0.170 e. The average Bonchev–Trinajstić information content (AvgIpc) is 2.88. The van der Waals surface area contributed by atoms with Crippen LogP contribution in [0.25, 0.3) is 10.9 Å². The van der Waals surface area contributed by atoms with Crippen molar-refractivity contribution in [2.75, 3.05) is 11.5 Å². The zero-order chi connectivity index (χ0) is 15.5. The molecular formula is C14H19N3O3S. The van der Waals surface area contributed by atoms with Gasteiger partial charge in [-0.05, 0) is 30.7 Å². The molecule has 1 aromatic carbocycles. The van der Waals surface area contributed by atoms with Crippen LogP contribution in [-0.2, 0) is 16.4 Å². The first-order chi connectivity index (χ1) is 9.96. The van der Waals surface area contributed by atoms with E-state index in [2.05, 4.69) is 5.16 Å². The van der Waals surface area contributed by atoms with Crippen LogP contribution in [0.4, 0.5) is 0 Å². The van der Waals surface area contributed by atoms with Crippen molar-refractivity contribution in [3.05, 3.63) is 36.0 Å². The van der Waals surface area contributed by atoms with Crippen LogP contribution < -0.4 is 5.73 Å². The van der Waals surface area contributed by atoms with Gasteiger partial charge in [0.15, 0.2) is 5.84 Å². The Morgan fingerprint density at radius 1 is 1.38 bits per heavy atom. The molecule has 21 heavy (non-hydrogen) atoms. The van der Waals surface area contributed by atoms with Crippen molar-refractivity contribution in [2.45, 2.75) is 19.9 Å². The maximum atomic E-state index is 11.5.